The fraction of sp³-hybridized carbons (Fsp3) is 1.00. The molecule has 3 radical (unpaired) electrons. The van der Waals surface area contributed by atoms with Gasteiger partial charge in [0.2, 0.25) is 0 Å². The Labute approximate surface area is 182 Å². The molecular weight excluding hydrogens is 375 g/mol. The highest BCUT2D eigenvalue weighted by Crippen LogP contribution is 2.15. The molecule has 0 aliphatic carbocycles. The Morgan fingerprint density at radius 2 is 0.538 bits per heavy atom. The molecular formula is C23H47Cl2Si-2. The van der Waals surface area contributed by atoms with Crippen molar-refractivity contribution in [2.75, 3.05) is 0 Å². The highest BCUT2D eigenvalue weighted by Gasteiger charge is 1.95. The molecule has 0 saturated heterocycles. The molecule has 0 aromatic rings. The van der Waals surface area contributed by atoms with Gasteiger partial charge >= 0.3 is 0 Å². The molecule has 0 aliphatic rings. The quantitative estimate of drug-likeness (QED) is 0.197. The normalized spacial score (nSPS) is 10.4. The zero-order valence-electron chi connectivity index (χ0n) is 17.8. The molecule has 0 atom stereocenters. The molecule has 0 amide bonds. The first kappa shape index (κ1) is 31.5. The van der Waals surface area contributed by atoms with Crippen LogP contribution in [-0.4, -0.2) is 10.2 Å². The summed E-state index contributed by atoms with van der Waals surface area (Å²) >= 11 is 0. The van der Waals surface area contributed by atoms with Crippen molar-refractivity contribution < 1.29 is 24.8 Å². The molecule has 159 valence electrons. The Hall–Kier alpha value is 0.797. The molecule has 3 heteroatoms. The second kappa shape index (κ2) is 30.5. The highest BCUT2D eigenvalue weighted by atomic mass is 35.5. The van der Waals surface area contributed by atoms with E-state index in [1.54, 1.807) is 0 Å². The maximum Gasteiger partial charge on any atom is 0.0222 e. The molecule has 0 saturated carbocycles. The zero-order chi connectivity index (χ0) is 17.6. The molecule has 0 nitrogen and oxygen atoms in total. The van der Waals surface area contributed by atoms with Gasteiger partial charge < -0.3 is 24.8 Å². The summed E-state index contributed by atoms with van der Waals surface area (Å²) in [5, 5.41) is 0. The van der Waals surface area contributed by atoms with E-state index in [4.69, 9.17) is 0 Å². The molecule has 0 bridgehead atoms. The van der Waals surface area contributed by atoms with Crippen molar-refractivity contribution in [1.29, 1.82) is 0 Å². The smallest absolute Gasteiger partial charge is 0.0222 e. The molecule has 0 heterocycles. The van der Waals surface area contributed by atoms with Gasteiger partial charge in [0.05, 0.1) is 0 Å². The van der Waals surface area contributed by atoms with Gasteiger partial charge in [0.15, 0.2) is 0 Å². The van der Waals surface area contributed by atoms with Crippen molar-refractivity contribution in [2.24, 2.45) is 0 Å². The minimum absolute atomic E-state index is 0. The summed E-state index contributed by atoms with van der Waals surface area (Å²) in [5.41, 5.74) is 0. The van der Waals surface area contributed by atoms with E-state index in [1.165, 1.54) is 141 Å². The summed E-state index contributed by atoms with van der Waals surface area (Å²) in [6, 6.07) is 1.18. The molecule has 0 aromatic carbocycles. The van der Waals surface area contributed by atoms with Crippen molar-refractivity contribution in [2.45, 2.75) is 148 Å². The average Bonchev–Trinajstić information content (AvgIpc) is 2.60. The summed E-state index contributed by atoms with van der Waals surface area (Å²) in [5.74, 6) is 0. The molecule has 0 spiro atoms. The first-order chi connectivity index (χ1) is 11.9. The third kappa shape index (κ3) is 29.6. The van der Waals surface area contributed by atoms with E-state index >= 15 is 0 Å². The average molecular weight is 423 g/mol. The summed E-state index contributed by atoms with van der Waals surface area (Å²) in [7, 11) is 3.55. The van der Waals surface area contributed by atoms with Gasteiger partial charge in [-0.2, -0.15) is 0 Å². The third-order valence-electron chi connectivity index (χ3n) is 5.28. The van der Waals surface area contributed by atoms with Crippen molar-refractivity contribution in [1.82, 2.24) is 0 Å². The van der Waals surface area contributed by atoms with Crippen LogP contribution in [0.2, 0.25) is 6.04 Å². The number of unbranched alkanes of at least 4 members (excludes halogenated alkanes) is 20. The van der Waals surface area contributed by atoms with E-state index in [9.17, 15) is 0 Å². The Balaban J connectivity index is -0.00000264. The van der Waals surface area contributed by atoms with Crippen LogP contribution in [0.1, 0.15) is 142 Å². The predicted molar refractivity (Wildman–Crippen MR) is 113 cm³/mol. The molecule has 0 rings (SSSR count). The van der Waals surface area contributed by atoms with Crippen LogP contribution in [0.3, 0.4) is 0 Å². The van der Waals surface area contributed by atoms with Crippen LogP contribution in [0.4, 0.5) is 0 Å². The van der Waals surface area contributed by atoms with Crippen molar-refractivity contribution in [3.8, 4) is 0 Å². The summed E-state index contributed by atoms with van der Waals surface area (Å²) in [6.45, 7) is 2.30. The van der Waals surface area contributed by atoms with Crippen molar-refractivity contribution in [3.05, 3.63) is 0 Å². The van der Waals surface area contributed by atoms with Gasteiger partial charge in [0, 0.05) is 10.2 Å². The SMILES string of the molecule is CCCCCCCCCCCCCCCCCCCCCCC[Si].[Cl-].[Cl-]. The fourth-order valence-corrected chi connectivity index (χ4v) is 3.81. The lowest BCUT2D eigenvalue weighted by atomic mass is 10.0. The largest absolute Gasteiger partial charge is 1.00 e. The van der Waals surface area contributed by atoms with E-state index in [0.29, 0.717) is 0 Å². The number of halogens is 2. The van der Waals surface area contributed by atoms with Gasteiger partial charge in [0.25, 0.3) is 0 Å². The van der Waals surface area contributed by atoms with Gasteiger partial charge in [-0.3, -0.25) is 0 Å². The van der Waals surface area contributed by atoms with Crippen molar-refractivity contribution >= 4 is 10.2 Å². The minimum atomic E-state index is 0. The van der Waals surface area contributed by atoms with Crippen LogP contribution in [0.5, 0.6) is 0 Å². The number of rotatable bonds is 21. The lowest BCUT2D eigenvalue weighted by molar-refractivity contribution is -0.00100. The van der Waals surface area contributed by atoms with Crippen LogP contribution < -0.4 is 24.8 Å². The van der Waals surface area contributed by atoms with Crippen LogP contribution in [-0.2, 0) is 0 Å². The first-order valence-electron chi connectivity index (χ1n) is 11.6. The standard InChI is InChI=1S/C23H47Si.2ClH/c1-2-3-4-5-6-7-8-9-10-11-12-13-14-15-16-17-18-19-20-21-22-23-24;;/h2-23H2,1H3;2*1H/p-2. The van der Waals surface area contributed by atoms with E-state index in [-0.39, 0.29) is 24.8 Å². The summed E-state index contributed by atoms with van der Waals surface area (Å²) in [4.78, 5) is 0. The van der Waals surface area contributed by atoms with E-state index in [1.807, 2.05) is 0 Å². The maximum absolute atomic E-state index is 3.55. The molecule has 0 unspecified atom stereocenters. The van der Waals surface area contributed by atoms with Gasteiger partial charge in [-0.25, -0.2) is 0 Å². The van der Waals surface area contributed by atoms with Crippen LogP contribution in [0, 0.1) is 0 Å². The van der Waals surface area contributed by atoms with E-state index in [0.717, 1.165) is 0 Å². The number of hydrogen-bond acceptors (Lipinski definition) is 0. The fourth-order valence-electron chi connectivity index (χ4n) is 3.56. The maximum atomic E-state index is 3.55. The first-order valence-corrected chi connectivity index (χ1v) is 12.3. The molecule has 0 aliphatic heterocycles. The second-order valence-corrected chi connectivity index (χ2v) is 8.32. The minimum Gasteiger partial charge on any atom is -1.00 e. The molecule has 26 heavy (non-hydrogen) atoms. The van der Waals surface area contributed by atoms with Crippen LogP contribution in [0.15, 0.2) is 0 Å². The lowest BCUT2D eigenvalue weighted by Gasteiger charge is -2.04. The van der Waals surface area contributed by atoms with Gasteiger partial charge in [-0.15, -0.1) is 0 Å². The van der Waals surface area contributed by atoms with Gasteiger partial charge in [-0.05, 0) is 0 Å². The summed E-state index contributed by atoms with van der Waals surface area (Å²) in [6.07, 6.45) is 30.7. The Kier molecular flexibility index (Phi) is 37.0. The predicted octanol–water partition coefficient (Wildman–Crippen LogP) is 2.79. The topological polar surface area (TPSA) is 0 Å². The van der Waals surface area contributed by atoms with Gasteiger partial charge in [0.1, 0.15) is 0 Å². The van der Waals surface area contributed by atoms with Crippen LogP contribution >= 0.6 is 0 Å². The number of hydrogen-bond donors (Lipinski definition) is 0. The zero-order valence-corrected chi connectivity index (χ0v) is 20.3. The van der Waals surface area contributed by atoms with E-state index < -0.39 is 0 Å². The Morgan fingerprint density at radius 3 is 0.731 bits per heavy atom. The van der Waals surface area contributed by atoms with Crippen molar-refractivity contribution in [3.63, 3.8) is 0 Å². The molecule has 0 fully saturated rings. The Morgan fingerprint density at radius 1 is 0.346 bits per heavy atom. The van der Waals surface area contributed by atoms with Crippen LogP contribution in [0.25, 0.3) is 0 Å². The molecule has 0 N–H and O–H groups in total. The monoisotopic (exact) mass is 421 g/mol. The highest BCUT2D eigenvalue weighted by molar-refractivity contribution is 6.08. The molecule has 0 aromatic heterocycles. The third-order valence-corrected chi connectivity index (χ3v) is 5.63. The van der Waals surface area contributed by atoms with E-state index in [2.05, 4.69) is 17.2 Å². The summed E-state index contributed by atoms with van der Waals surface area (Å²) < 4.78 is 0. The Bertz CT molecular complexity index is 190. The van der Waals surface area contributed by atoms with Gasteiger partial charge in [-0.1, -0.05) is 148 Å². The second-order valence-electron chi connectivity index (χ2n) is 7.82. The lowest BCUT2D eigenvalue weighted by Crippen LogP contribution is -3.00.